The van der Waals surface area contributed by atoms with Crippen LogP contribution in [0.3, 0.4) is 0 Å². The predicted octanol–water partition coefficient (Wildman–Crippen LogP) is 1.66. The Hall–Kier alpha value is -1.38. The summed E-state index contributed by atoms with van der Waals surface area (Å²) in [7, 11) is 0. The summed E-state index contributed by atoms with van der Waals surface area (Å²) in [5.41, 5.74) is 1.17. The summed E-state index contributed by atoms with van der Waals surface area (Å²) < 4.78 is 12.7. The highest BCUT2D eigenvalue weighted by molar-refractivity contribution is 6.00. The second-order valence-corrected chi connectivity index (χ2v) is 2.88. The van der Waals surface area contributed by atoms with Crippen molar-refractivity contribution in [3.8, 4) is 5.75 Å². The molecule has 0 unspecified atom stereocenters. The van der Waals surface area contributed by atoms with Crippen LogP contribution in [0.25, 0.3) is 0 Å². The summed E-state index contributed by atoms with van der Waals surface area (Å²) in [6.45, 7) is 0. The van der Waals surface area contributed by atoms with E-state index in [1.807, 2.05) is 0 Å². The van der Waals surface area contributed by atoms with Crippen LogP contribution in [0.5, 0.6) is 5.75 Å². The Morgan fingerprint density at radius 3 is 2.83 bits per heavy atom. The van der Waals surface area contributed by atoms with Gasteiger partial charge in [0, 0.05) is 12.0 Å². The highest BCUT2D eigenvalue weighted by Gasteiger charge is 2.21. The second-order valence-electron chi connectivity index (χ2n) is 2.88. The van der Waals surface area contributed by atoms with Crippen molar-refractivity contribution < 1.29 is 14.3 Å². The number of Topliss-reactive ketones (excluding diaryl/α,β-unsaturated/α-hetero) is 1. The van der Waals surface area contributed by atoms with Crippen molar-refractivity contribution in [2.75, 3.05) is 0 Å². The maximum Gasteiger partial charge on any atom is 0.165 e. The summed E-state index contributed by atoms with van der Waals surface area (Å²) in [6, 6.07) is 2.44. The van der Waals surface area contributed by atoms with Crippen LogP contribution in [0.1, 0.15) is 22.3 Å². The van der Waals surface area contributed by atoms with Gasteiger partial charge in [-0.25, -0.2) is 4.39 Å². The number of phenolic OH excluding ortho intramolecular Hbond substituents is 1. The number of benzene rings is 1. The van der Waals surface area contributed by atoms with Gasteiger partial charge in [0.05, 0.1) is 0 Å². The zero-order valence-electron chi connectivity index (χ0n) is 6.30. The number of fused-ring (bicyclic) bond motifs is 1. The molecule has 0 saturated carbocycles. The number of rotatable bonds is 0. The lowest BCUT2D eigenvalue weighted by molar-refractivity contribution is 0.0994. The highest BCUT2D eigenvalue weighted by Crippen LogP contribution is 2.27. The Kier molecular flexibility index (Phi) is 1.40. The number of phenols is 1. The van der Waals surface area contributed by atoms with Gasteiger partial charge in [0.2, 0.25) is 0 Å². The fourth-order valence-corrected chi connectivity index (χ4v) is 1.45. The smallest absolute Gasteiger partial charge is 0.165 e. The van der Waals surface area contributed by atoms with E-state index in [0.29, 0.717) is 24.0 Å². The standard InChI is InChI=1S/C9H7FO2/c10-7-3-5-1-2-8(11)6(5)4-9(7)12/h3-4,12H,1-2H2. The van der Waals surface area contributed by atoms with E-state index < -0.39 is 11.6 Å². The molecule has 0 spiro atoms. The zero-order chi connectivity index (χ0) is 8.72. The van der Waals surface area contributed by atoms with Crippen molar-refractivity contribution in [3.05, 3.63) is 29.1 Å². The maximum absolute atomic E-state index is 12.7. The van der Waals surface area contributed by atoms with Crippen molar-refractivity contribution >= 4 is 5.78 Å². The fraction of sp³-hybridized carbons (Fsp3) is 0.222. The predicted molar refractivity (Wildman–Crippen MR) is 40.7 cm³/mol. The Labute approximate surface area is 68.6 Å². The average Bonchev–Trinajstić information content (AvgIpc) is 2.35. The van der Waals surface area contributed by atoms with Gasteiger partial charge in [0.25, 0.3) is 0 Å². The molecule has 2 rings (SSSR count). The molecule has 0 radical (unpaired) electrons. The van der Waals surface area contributed by atoms with Crippen molar-refractivity contribution in [1.29, 1.82) is 0 Å². The minimum atomic E-state index is -0.650. The molecule has 1 N–H and O–H groups in total. The van der Waals surface area contributed by atoms with Gasteiger partial charge in [0.15, 0.2) is 17.3 Å². The van der Waals surface area contributed by atoms with Gasteiger partial charge < -0.3 is 5.11 Å². The van der Waals surface area contributed by atoms with E-state index >= 15 is 0 Å². The molecule has 0 heterocycles. The van der Waals surface area contributed by atoms with Gasteiger partial charge in [-0.1, -0.05) is 0 Å². The Morgan fingerprint density at radius 2 is 2.08 bits per heavy atom. The van der Waals surface area contributed by atoms with E-state index in [1.165, 1.54) is 12.1 Å². The third kappa shape index (κ3) is 0.897. The molecule has 12 heavy (non-hydrogen) atoms. The van der Waals surface area contributed by atoms with Gasteiger partial charge in [0.1, 0.15) is 0 Å². The fourth-order valence-electron chi connectivity index (χ4n) is 1.45. The summed E-state index contributed by atoms with van der Waals surface area (Å²) in [4.78, 5) is 11.1. The van der Waals surface area contributed by atoms with E-state index in [2.05, 4.69) is 0 Å². The molecule has 0 aromatic heterocycles. The summed E-state index contributed by atoms with van der Waals surface area (Å²) in [5, 5.41) is 8.97. The molecular formula is C9H7FO2. The molecule has 1 aliphatic rings. The number of carbonyl (C=O) groups is 1. The summed E-state index contributed by atoms with van der Waals surface area (Å²) in [5.74, 6) is -1.10. The van der Waals surface area contributed by atoms with Gasteiger partial charge in [-0.3, -0.25) is 4.79 Å². The van der Waals surface area contributed by atoms with Gasteiger partial charge in [-0.2, -0.15) is 0 Å². The first-order chi connectivity index (χ1) is 5.68. The second kappa shape index (κ2) is 2.30. The molecule has 1 aliphatic carbocycles. The molecule has 0 bridgehead atoms. The van der Waals surface area contributed by atoms with E-state index in [0.717, 1.165) is 0 Å². The van der Waals surface area contributed by atoms with Gasteiger partial charge >= 0.3 is 0 Å². The third-order valence-electron chi connectivity index (χ3n) is 2.09. The Balaban J connectivity index is 2.63. The first-order valence-corrected chi connectivity index (χ1v) is 3.73. The monoisotopic (exact) mass is 166 g/mol. The molecule has 0 saturated heterocycles. The summed E-state index contributed by atoms with van der Waals surface area (Å²) >= 11 is 0. The Bertz CT molecular complexity index is 358. The SMILES string of the molecule is O=C1CCc2cc(F)c(O)cc21. The highest BCUT2D eigenvalue weighted by atomic mass is 19.1. The molecule has 0 atom stereocenters. The number of ketones is 1. The van der Waals surface area contributed by atoms with Crippen molar-refractivity contribution in [2.45, 2.75) is 12.8 Å². The number of aromatic hydroxyl groups is 1. The number of aryl methyl sites for hydroxylation is 1. The number of carbonyl (C=O) groups excluding carboxylic acids is 1. The molecule has 1 aromatic rings. The maximum atomic E-state index is 12.7. The molecule has 0 aliphatic heterocycles. The molecule has 3 heteroatoms. The molecule has 0 fully saturated rings. The van der Waals surface area contributed by atoms with E-state index in [1.54, 1.807) is 0 Å². The van der Waals surface area contributed by atoms with Crippen molar-refractivity contribution in [3.63, 3.8) is 0 Å². The largest absolute Gasteiger partial charge is 0.505 e. The zero-order valence-corrected chi connectivity index (χ0v) is 6.30. The first-order valence-electron chi connectivity index (χ1n) is 3.73. The van der Waals surface area contributed by atoms with Crippen LogP contribution < -0.4 is 0 Å². The topological polar surface area (TPSA) is 37.3 Å². The van der Waals surface area contributed by atoms with Gasteiger partial charge in [-0.05, 0) is 24.1 Å². The minimum absolute atomic E-state index is 0.0136. The van der Waals surface area contributed by atoms with Crippen LogP contribution in [0.4, 0.5) is 4.39 Å². The molecule has 62 valence electrons. The van der Waals surface area contributed by atoms with Crippen LogP contribution >= 0.6 is 0 Å². The van der Waals surface area contributed by atoms with E-state index in [4.69, 9.17) is 5.11 Å². The molecule has 2 nitrogen and oxygen atoms in total. The number of halogens is 1. The van der Waals surface area contributed by atoms with Crippen LogP contribution in [0, 0.1) is 5.82 Å². The van der Waals surface area contributed by atoms with Gasteiger partial charge in [-0.15, -0.1) is 0 Å². The van der Waals surface area contributed by atoms with Crippen LogP contribution in [0.2, 0.25) is 0 Å². The quantitative estimate of drug-likeness (QED) is 0.636. The lowest BCUT2D eigenvalue weighted by Gasteiger charge is -1.99. The third-order valence-corrected chi connectivity index (χ3v) is 2.09. The summed E-state index contributed by atoms with van der Waals surface area (Å²) in [6.07, 6.45) is 1.02. The van der Waals surface area contributed by atoms with E-state index in [9.17, 15) is 9.18 Å². The minimum Gasteiger partial charge on any atom is -0.505 e. The molecule has 0 amide bonds. The Morgan fingerprint density at radius 1 is 1.33 bits per heavy atom. The van der Waals surface area contributed by atoms with Crippen molar-refractivity contribution in [2.24, 2.45) is 0 Å². The average molecular weight is 166 g/mol. The normalized spacial score (nSPS) is 14.9. The van der Waals surface area contributed by atoms with Crippen LogP contribution in [-0.4, -0.2) is 10.9 Å². The van der Waals surface area contributed by atoms with E-state index in [-0.39, 0.29) is 5.78 Å². The lowest BCUT2D eigenvalue weighted by atomic mass is 10.1. The van der Waals surface area contributed by atoms with Crippen LogP contribution in [0.15, 0.2) is 12.1 Å². The number of hydrogen-bond acceptors (Lipinski definition) is 2. The first kappa shape index (κ1) is 7.28. The molecule has 1 aromatic carbocycles. The van der Waals surface area contributed by atoms with Crippen molar-refractivity contribution in [1.82, 2.24) is 0 Å². The molecular weight excluding hydrogens is 159 g/mol. The van der Waals surface area contributed by atoms with Crippen LogP contribution in [-0.2, 0) is 6.42 Å². The lowest BCUT2D eigenvalue weighted by Crippen LogP contribution is -1.91. The number of hydrogen-bond donors (Lipinski definition) is 1.